The number of carbonyl (C=O) groups excluding carboxylic acids is 1. The van der Waals surface area contributed by atoms with Crippen molar-refractivity contribution >= 4 is 29.1 Å². The molecule has 1 rings (SSSR count). The van der Waals surface area contributed by atoms with E-state index in [9.17, 15) is 14.9 Å². The predicted molar refractivity (Wildman–Crippen MR) is 69.7 cm³/mol. The Morgan fingerprint density at radius 3 is 2.58 bits per heavy atom. The van der Waals surface area contributed by atoms with Crippen LogP contribution in [0.15, 0.2) is 34.5 Å². The molecule has 19 heavy (non-hydrogen) atoms. The third-order valence-electron chi connectivity index (χ3n) is 2.17. The maximum absolute atomic E-state index is 11.4. The van der Waals surface area contributed by atoms with Crippen molar-refractivity contribution in [2.75, 3.05) is 5.43 Å². The van der Waals surface area contributed by atoms with E-state index < -0.39 is 4.92 Å². The zero-order valence-electron chi connectivity index (χ0n) is 10.1. The number of nitro groups is 1. The Balaban J connectivity index is 2.83. The van der Waals surface area contributed by atoms with E-state index in [0.29, 0.717) is 5.69 Å². The van der Waals surface area contributed by atoms with Gasteiger partial charge in [-0.1, -0.05) is 12.1 Å². The quantitative estimate of drug-likeness (QED) is 0.351. The van der Waals surface area contributed by atoms with Crippen molar-refractivity contribution in [2.45, 2.75) is 13.3 Å². The highest BCUT2D eigenvalue weighted by Crippen LogP contribution is 2.15. The van der Waals surface area contributed by atoms with Crippen molar-refractivity contribution in [3.63, 3.8) is 0 Å². The van der Waals surface area contributed by atoms with Crippen molar-refractivity contribution in [3.8, 4) is 0 Å². The number of nitrogens with zero attached hydrogens (tertiary/aromatic N) is 3. The second kappa shape index (κ2) is 6.84. The number of benzene rings is 1. The molecule has 0 heterocycles. The summed E-state index contributed by atoms with van der Waals surface area (Å²) in [6.07, 6.45) is 1.14. The number of hydrogen-bond donors (Lipinski definition) is 2. The predicted octanol–water partition coefficient (Wildman–Crippen LogP) is 1.80. The fraction of sp³-hybridized carbons (Fsp3) is 0.182. The van der Waals surface area contributed by atoms with Crippen molar-refractivity contribution in [1.29, 1.82) is 0 Å². The van der Waals surface area contributed by atoms with Crippen LogP contribution in [0, 0.1) is 10.1 Å². The molecule has 0 amide bonds. The number of Topliss-reactive ketones (excluding diaryl/α,β-unsaturated/α-hetero) is 1. The first-order valence-corrected chi connectivity index (χ1v) is 5.37. The highest BCUT2D eigenvalue weighted by molar-refractivity contribution is 6.61. The molecule has 0 aliphatic rings. The molecule has 0 saturated heterocycles. The van der Waals surface area contributed by atoms with Crippen LogP contribution in [0.4, 0.5) is 11.4 Å². The molecule has 2 N–H and O–H groups in total. The van der Waals surface area contributed by atoms with Gasteiger partial charge in [0.15, 0.2) is 5.78 Å². The molecule has 0 aromatic heterocycles. The summed E-state index contributed by atoms with van der Waals surface area (Å²) in [7, 11) is 0. The standard InChI is InChI=1S/C11H12N4O4/c1-2-11(16)10(7-12-17)14-13-8-3-5-9(6-4-8)15(18)19/h3-7,13,17H,2H2,1H3/b12-7+,14-10+. The SMILES string of the molecule is CCC(=O)C(/C=N/O)=N/Nc1ccc([N+](=O)[O-])cc1. The maximum Gasteiger partial charge on any atom is 0.269 e. The molecule has 0 atom stereocenters. The van der Waals surface area contributed by atoms with Crippen LogP contribution in [0.2, 0.25) is 0 Å². The van der Waals surface area contributed by atoms with E-state index >= 15 is 0 Å². The van der Waals surface area contributed by atoms with Gasteiger partial charge in [0, 0.05) is 18.6 Å². The number of oxime groups is 1. The Kier molecular flexibility index (Phi) is 5.15. The summed E-state index contributed by atoms with van der Waals surface area (Å²) >= 11 is 0. The molecule has 0 spiro atoms. The van der Waals surface area contributed by atoms with E-state index in [-0.39, 0.29) is 23.6 Å². The van der Waals surface area contributed by atoms with Gasteiger partial charge in [0.1, 0.15) is 5.71 Å². The monoisotopic (exact) mass is 264 g/mol. The summed E-state index contributed by atoms with van der Waals surface area (Å²) in [4.78, 5) is 21.3. The lowest BCUT2D eigenvalue weighted by Gasteiger charge is -2.01. The molecule has 100 valence electrons. The molecule has 0 fully saturated rings. The average Bonchev–Trinajstić information content (AvgIpc) is 2.43. The number of non-ortho nitro benzene ring substituents is 1. The summed E-state index contributed by atoms with van der Waals surface area (Å²) in [5.41, 5.74) is 2.94. The molecule has 0 aliphatic heterocycles. The Labute approximate surface area is 108 Å². The van der Waals surface area contributed by atoms with Gasteiger partial charge in [-0.2, -0.15) is 5.10 Å². The molecule has 1 aromatic rings. The molecular formula is C11H12N4O4. The van der Waals surface area contributed by atoms with Gasteiger partial charge in [-0.15, -0.1) is 0 Å². The highest BCUT2D eigenvalue weighted by Gasteiger charge is 2.07. The first kappa shape index (κ1) is 14.3. The van der Waals surface area contributed by atoms with Crippen molar-refractivity contribution < 1.29 is 14.9 Å². The number of carbonyl (C=O) groups is 1. The first-order valence-electron chi connectivity index (χ1n) is 5.37. The molecular weight excluding hydrogens is 252 g/mol. The summed E-state index contributed by atoms with van der Waals surface area (Å²) in [6, 6.07) is 5.51. The minimum absolute atomic E-state index is 0.0386. The van der Waals surface area contributed by atoms with Crippen LogP contribution in [0.1, 0.15) is 13.3 Å². The van der Waals surface area contributed by atoms with E-state index in [2.05, 4.69) is 15.7 Å². The van der Waals surface area contributed by atoms with Crippen molar-refractivity contribution in [2.24, 2.45) is 10.3 Å². The van der Waals surface area contributed by atoms with Gasteiger partial charge < -0.3 is 5.21 Å². The highest BCUT2D eigenvalue weighted by atomic mass is 16.6. The van der Waals surface area contributed by atoms with E-state index in [0.717, 1.165) is 6.21 Å². The maximum atomic E-state index is 11.4. The number of hydrogen-bond acceptors (Lipinski definition) is 7. The molecule has 1 aromatic carbocycles. The minimum atomic E-state index is -0.516. The lowest BCUT2D eigenvalue weighted by Crippen LogP contribution is -2.16. The van der Waals surface area contributed by atoms with Gasteiger partial charge in [0.2, 0.25) is 0 Å². The van der Waals surface area contributed by atoms with Gasteiger partial charge in [-0.05, 0) is 12.1 Å². The Hall–Kier alpha value is -2.77. The van der Waals surface area contributed by atoms with E-state index in [1.165, 1.54) is 24.3 Å². The van der Waals surface area contributed by atoms with Crippen molar-refractivity contribution in [3.05, 3.63) is 34.4 Å². The Bertz CT molecular complexity index is 522. The molecule has 0 aliphatic carbocycles. The van der Waals surface area contributed by atoms with Gasteiger partial charge in [0.05, 0.1) is 16.8 Å². The van der Waals surface area contributed by atoms with Gasteiger partial charge >= 0.3 is 0 Å². The third kappa shape index (κ3) is 4.19. The summed E-state index contributed by atoms with van der Waals surface area (Å²) in [5.74, 6) is -0.299. The zero-order chi connectivity index (χ0) is 14.3. The zero-order valence-corrected chi connectivity index (χ0v) is 10.1. The largest absolute Gasteiger partial charge is 0.411 e. The minimum Gasteiger partial charge on any atom is -0.411 e. The number of nitro benzene ring substituents is 1. The number of hydrazone groups is 1. The molecule has 8 heteroatoms. The molecule has 0 radical (unpaired) electrons. The molecule has 0 bridgehead atoms. The lowest BCUT2D eigenvalue weighted by molar-refractivity contribution is -0.384. The van der Waals surface area contributed by atoms with Crippen LogP contribution in [-0.2, 0) is 4.79 Å². The van der Waals surface area contributed by atoms with Crippen LogP contribution < -0.4 is 5.43 Å². The first-order chi connectivity index (χ1) is 9.08. The number of nitrogens with one attached hydrogen (secondary N) is 1. The average molecular weight is 264 g/mol. The fourth-order valence-electron chi connectivity index (χ4n) is 1.18. The number of rotatable bonds is 6. The fourth-order valence-corrected chi connectivity index (χ4v) is 1.18. The van der Waals surface area contributed by atoms with Crippen LogP contribution in [0.3, 0.4) is 0 Å². The van der Waals surface area contributed by atoms with Crippen LogP contribution in [-0.4, -0.2) is 27.8 Å². The van der Waals surface area contributed by atoms with Crippen LogP contribution in [0.5, 0.6) is 0 Å². The molecule has 8 nitrogen and oxygen atoms in total. The Morgan fingerprint density at radius 1 is 1.47 bits per heavy atom. The summed E-state index contributed by atoms with van der Waals surface area (Å²) in [6.45, 7) is 1.65. The van der Waals surface area contributed by atoms with Gasteiger partial charge in [0.25, 0.3) is 5.69 Å². The number of anilines is 1. The third-order valence-corrected chi connectivity index (χ3v) is 2.17. The van der Waals surface area contributed by atoms with Crippen LogP contribution in [0.25, 0.3) is 0 Å². The molecule has 0 saturated carbocycles. The Morgan fingerprint density at radius 2 is 2.11 bits per heavy atom. The van der Waals surface area contributed by atoms with E-state index in [1.54, 1.807) is 6.92 Å². The summed E-state index contributed by atoms with van der Waals surface area (Å²) in [5, 5.41) is 25.4. The van der Waals surface area contributed by atoms with Gasteiger partial charge in [-0.3, -0.25) is 20.3 Å². The topological polar surface area (TPSA) is 117 Å². The van der Waals surface area contributed by atoms with Crippen LogP contribution >= 0.6 is 0 Å². The normalized spacial score (nSPS) is 11.5. The lowest BCUT2D eigenvalue weighted by atomic mass is 10.2. The summed E-state index contributed by atoms with van der Waals surface area (Å²) < 4.78 is 0. The molecule has 0 unspecified atom stereocenters. The van der Waals surface area contributed by atoms with E-state index in [4.69, 9.17) is 5.21 Å². The second-order valence-electron chi connectivity index (χ2n) is 3.43. The smallest absolute Gasteiger partial charge is 0.269 e. The van der Waals surface area contributed by atoms with Crippen molar-refractivity contribution in [1.82, 2.24) is 0 Å². The number of ketones is 1. The van der Waals surface area contributed by atoms with E-state index in [1.807, 2.05) is 0 Å². The second-order valence-corrected chi connectivity index (χ2v) is 3.43. The van der Waals surface area contributed by atoms with Gasteiger partial charge in [-0.25, -0.2) is 0 Å².